The van der Waals surface area contributed by atoms with Gasteiger partial charge in [0.05, 0.1) is 30.1 Å². The van der Waals surface area contributed by atoms with Crippen LogP contribution in [-0.4, -0.2) is 63.7 Å². The molecule has 0 saturated heterocycles. The average Bonchev–Trinajstić information content (AvgIpc) is 1.63. The fourth-order valence-electron chi connectivity index (χ4n) is 11.0. The van der Waals surface area contributed by atoms with Crippen molar-refractivity contribution in [1.29, 1.82) is 0 Å². The molecule has 0 radical (unpaired) electrons. The third-order valence-corrected chi connectivity index (χ3v) is 15.5. The number of benzene rings is 4. The molecule has 4 aromatic carbocycles. The number of esters is 4. The molecule has 4 aliphatic heterocycles. The van der Waals surface area contributed by atoms with Crippen molar-refractivity contribution in [2.45, 2.75) is 50.1 Å². The highest BCUT2D eigenvalue weighted by molar-refractivity contribution is 6.30. The summed E-state index contributed by atoms with van der Waals surface area (Å²) >= 11 is 5.81. The number of nitrogens with zero attached hydrogens (tertiary/aromatic N) is 8. The average molecular weight is 1320 g/mol. The van der Waals surface area contributed by atoms with Gasteiger partial charge in [-0.15, -0.1) is 0 Å². The lowest BCUT2D eigenvalue weighted by Crippen LogP contribution is -2.08. The lowest BCUT2D eigenvalue weighted by molar-refractivity contribution is 0.0372. The van der Waals surface area contributed by atoms with Crippen molar-refractivity contribution in [3.8, 4) is 45.8 Å². The number of cyclic esters (lactones) is 4. The molecule has 0 bridgehead atoms. The van der Waals surface area contributed by atoms with Crippen molar-refractivity contribution in [2.75, 3.05) is 22.9 Å². The second-order valence-corrected chi connectivity index (χ2v) is 21.9. The van der Waals surface area contributed by atoms with Crippen LogP contribution in [-0.2, 0) is 44.6 Å². The van der Waals surface area contributed by atoms with E-state index in [0.29, 0.717) is 81.0 Å². The Kier molecular flexibility index (Phi) is 17.3. The van der Waals surface area contributed by atoms with Gasteiger partial charge in [0.1, 0.15) is 110 Å². The number of fused-ring (bicyclic) bond motifs is 4. The second-order valence-electron chi connectivity index (χ2n) is 21.5. The molecule has 0 spiro atoms. The quantitative estimate of drug-likeness (QED) is 0.0652. The van der Waals surface area contributed by atoms with Gasteiger partial charge in [0.25, 0.3) is 0 Å². The maximum Gasteiger partial charge on any atom is 0.343 e. The van der Waals surface area contributed by atoms with E-state index in [0.717, 1.165) is 23.3 Å². The van der Waals surface area contributed by atoms with Crippen molar-refractivity contribution in [3.63, 3.8) is 0 Å². The van der Waals surface area contributed by atoms with Gasteiger partial charge >= 0.3 is 23.9 Å². The molecule has 0 amide bonds. The van der Waals surface area contributed by atoms with Gasteiger partial charge in [-0.2, -0.15) is 0 Å². The van der Waals surface area contributed by atoms with E-state index in [2.05, 4.69) is 39.9 Å². The molecule has 24 nitrogen and oxygen atoms in total. The van der Waals surface area contributed by atoms with E-state index in [1.807, 2.05) is 60.7 Å². The minimum atomic E-state index is -0.846. The molecule has 0 fully saturated rings. The van der Waals surface area contributed by atoms with Crippen molar-refractivity contribution in [3.05, 3.63) is 260 Å². The van der Waals surface area contributed by atoms with E-state index in [-0.39, 0.29) is 75.4 Å². The van der Waals surface area contributed by atoms with Gasteiger partial charge in [-0.1, -0.05) is 84.4 Å². The summed E-state index contributed by atoms with van der Waals surface area (Å²) < 4.78 is 83.3. The van der Waals surface area contributed by atoms with Crippen LogP contribution < -0.4 is 22.9 Å². The molecular formula is C68H48ClF3N12O12. The van der Waals surface area contributed by atoms with Crippen LogP contribution in [0.1, 0.15) is 111 Å². The zero-order chi connectivity index (χ0) is 66.7. The minimum Gasteiger partial charge on any atom is -0.463 e. The Balaban J connectivity index is 0.000000116. The summed E-state index contributed by atoms with van der Waals surface area (Å²) in [7, 11) is 0. The number of hydrogen-bond acceptors (Lipinski definition) is 24. The lowest BCUT2D eigenvalue weighted by atomic mass is 10.0. The number of carbonyl (C=O) groups excluding carboxylic acids is 4. The molecule has 12 heterocycles. The predicted octanol–water partition coefficient (Wildman–Crippen LogP) is 12.2. The van der Waals surface area contributed by atoms with Gasteiger partial charge in [0.15, 0.2) is 23.0 Å². The van der Waals surface area contributed by atoms with Crippen LogP contribution in [0.2, 0.25) is 5.02 Å². The highest BCUT2D eigenvalue weighted by Gasteiger charge is 2.42. The summed E-state index contributed by atoms with van der Waals surface area (Å²) in [5.74, 6) is -2.23. The van der Waals surface area contributed by atoms with E-state index in [4.69, 9.17) is 71.2 Å². The Morgan fingerprint density at radius 2 is 0.688 bits per heavy atom. The molecule has 8 N–H and O–H groups in total. The van der Waals surface area contributed by atoms with Gasteiger partial charge in [-0.05, 0) is 89.0 Å². The molecule has 4 atom stereocenters. The van der Waals surface area contributed by atoms with Gasteiger partial charge in [0.2, 0.25) is 23.8 Å². The molecule has 0 aliphatic carbocycles. The first-order valence-corrected chi connectivity index (χ1v) is 29.5. The molecule has 12 aromatic rings. The minimum absolute atomic E-state index is 0.000484. The molecule has 3 unspecified atom stereocenters. The lowest BCUT2D eigenvalue weighted by Gasteiger charge is -2.11. The maximum absolute atomic E-state index is 13.9. The van der Waals surface area contributed by atoms with Gasteiger partial charge in [-0.3, -0.25) is 0 Å². The van der Waals surface area contributed by atoms with Crippen LogP contribution in [0.25, 0.3) is 45.8 Å². The first-order valence-electron chi connectivity index (χ1n) is 29.1. The summed E-state index contributed by atoms with van der Waals surface area (Å²) in [5.41, 5.74) is 30.1. The number of rotatable bonds is 12. The fourth-order valence-corrected chi connectivity index (χ4v) is 11.2. The molecule has 16 rings (SSSR count). The number of halogens is 4. The smallest absolute Gasteiger partial charge is 0.343 e. The Morgan fingerprint density at radius 3 is 1.00 bits per heavy atom. The highest BCUT2D eigenvalue weighted by atomic mass is 35.5. The first-order chi connectivity index (χ1) is 46.5. The largest absolute Gasteiger partial charge is 0.463 e. The molecule has 96 heavy (non-hydrogen) atoms. The summed E-state index contributed by atoms with van der Waals surface area (Å²) in [6, 6.07) is 40.6. The standard InChI is InChI=1S/C17H11ClFN3O3.C17H11F2N3O3.2C17H13N3O3/c18-9-6-8(3-4-10(9)19)7-12-15-13(16(23)25-12)14(21-17(20)22-15)11-2-1-5-24-11;18-9-4-3-8(10(19)7-9)6-12-15-13(16(23)25-12)14(21-17(20)22-15)11-2-1-5-24-11;2*18-17-19-14(11-7-4-8-22-11)13-15(20-17)12(23-16(13)21)9-10-5-2-1-3-6-10/h1-6,12H,7H2,(H2,20,21,22);1-5,7,12H,6H2,(H2,20,21,22);2*1-8,12H,9H2,(H2,18,19,20)/t;;12-;/m..1./s1. The molecule has 4 aliphatic rings. The number of carbonyl (C=O) groups is 4. The SMILES string of the molecule is Nc1nc(-c2ccco2)c2c(n1)C(Cc1ccc(F)c(Cl)c1)OC2=O.Nc1nc(-c2ccco2)c2c(n1)C(Cc1ccc(F)cc1F)OC2=O.Nc1nc(-c2ccco2)c2c(n1)C(Cc1ccccc1)OC2=O.Nc1nc(-c2ccco2)c2c(n1)[C@@H](Cc1ccccc1)OC2=O. The zero-order valence-corrected chi connectivity index (χ0v) is 50.4. The van der Waals surface area contributed by atoms with Crippen molar-refractivity contribution < 1.29 is 69.0 Å². The monoisotopic (exact) mass is 1320 g/mol. The topological polar surface area (TPSA) is 365 Å². The number of furan rings is 4. The summed E-state index contributed by atoms with van der Waals surface area (Å²) in [5, 5.41) is 0.000484. The van der Waals surface area contributed by atoms with Crippen LogP contribution >= 0.6 is 11.6 Å². The fraction of sp³-hybridized carbons (Fsp3) is 0.118. The Morgan fingerprint density at radius 1 is 0.354 bits per heavy atom. The molecule has 0 saturated carbocycles. The van der Waals surface area contributed by atoms with E-state index >= 15 is 0 Å². The highest BCUT2D eigenvalue weighted by Crippen LogP contribution is 2.42. The maximum atomic E-state index is 13.9. The van der Waals surface area contributed by atoms with E-state index < -0.39 is 65.7 Å². The van der Waals surface area contributed by atoms with E-state index in [1.165, 1.54) is 43.3 Å². The Hall–Kier alpha value is -12.5. The third kappa shape index (κ3) is 13.0. The molecular weight excluding hydrogens is 1270 g/mol. The van der Waals surface area contributed by atoms with Gasteiger partial charge in [-0.25, -0.2) is 72.2 Å². The number of aromatic nitrogens is 8. The van der Waals surface area contributed by atoms with Gasteiger partial charge < -0.3 is 59.6 Å². The van der Waals surface area contributed by atoms with Crippen LogP contribution in [0.3, 0.4) is 0 Å². The second kappa shape index (κ2) is 26.6. The van der Waals surface area contributed by atoms with Gasteiger partial charge in [0, 0.05) is 31.7 Å². The summed E-state index contributed by atoms with van der Waals surface area (Å²) in [4.78, 5) is 82.4. The number of ether oxygens (including phenoxy) is 4. The Labute approximate surface area is 545 Å². The van der Waals surface area contributed by atoms with Crippen LogP contribution in [0.15, 0.2) is 188 Å². The molecule has 480 valence electrons. The molecule has 28 heteroatoms. The predicted molar refractivity (Wildman–Crippen MR) is 335 cm³/mol. The zero-order valence-electron chi connectivity index (χ0n) is 49.6. The number of nitrogen functional groups attached to an aromatic ring is 4. The van der Waals surface area contributed by atoms with Crippen molar-refractivity contribution in [1.82, 2.24) is 39.9 Å². The summed E-state index contributed by atoms with van der Waals surface area (Å²) in [6.07, 6.45) is 4.84. The first kappa shape index (κ1) is 62.3. The normalized spacial score (nSPS) is 16.0. The summed E-state index contributed by atoms with van der Waals surface area (Å²) in [6.45, 7) is 0. The third-order valence-electron chi connectivity index (χ3n) is 15.2. The number of nitrogens with two attached hydrogens (primary N) is 4. The van der Waals surface area contributed by atoms with Crippen LogP contribution in [0.5, 0.6) is 0 Å². The number of anilines is 4. The number of hydrogen-bond donors (Lipinski definition) is 4. The Bertz CT molecular complexity index is 4750. The van der Waals surface area contributed by atoms with Crippen LogP contribution in [0, 0.1) is 17.5 Å². The van der Waals surface area contributed by atoms with Crippen molar-refractivity contribution >= 4 is 59.3 Å². The van der Waals surface area contributed by atoms with E-state index in [9.17, 15) is 32.3 Å². The van der Waals surface area contributed by atoms with Crippen molar-refractivity contribution in [2.24, 2.45) is 0 Å². The molecule has 8 aromatic heterocycles. The van der Waals surface area contributed by atoms with E-state index in [1.54, 1.807) is 54.6 Å². The van der Waals surface area contributed by atoms with Crippen LogP contribution in [0.4, 0.5) is 37.0 Å².